The van der Waals surface area contributed by atoms with Gasteiger partial charge < -0.3 is 5.32 Å². The lowest BCUT2D eigenvalue weighted by atomic mass is 10.2. The topological polar surface area (TPSA) is 54.9 Å². The molecule has 1 N–H and O–H groups in total. The Bertz CT molecular complexity index is 938. The van der Waals surface area contributed by atoms with Crippen LogP contribution in [0.5, 0.6) is 0 Å². The monoisotopic (exact) mass is 423 g/mol. The Kier molecular flexibility index (Phi) is 6.35. The van der Waals surface area contributed by atoms with Crippen LogP contribution in [-0.2, 0) is 23.1 Å². The fourth-order valence-corrected chi connectivity index (χ4v) is 3.89. The molecule has 2 heterocycles. The number of nitrogens with zero attached hydrogens (tertiary/aromatic N) is 2. The minimum Gasteiger partial charge on any atom is -0.326 e. The number of benzene rings is 1. The van der Waals surface area contributed by atoms with Gasteiger partial charge in [-0.2, -0.15) is 13.2 Å². The van der Waals surface area contributed by atoms with Gasteiger partial charge in [0.05, 0.1) is 22.7 Å². The Morgan fingerprint density at radius 2 is 1.93 bits per heavy atom. The van der Waals surface area contributed by atoms with Crippen molar-refractivity contribution >= 4 is 34.7 Å². The number of aromatic nitrogens is 2. The molecule has 0 saturated heterocycles. The van der Waals surface area contributed by atoms with Gasteiger partial charge in [0.1, 0.15) is 5.01 Å². The number of halogens is 3. The molecule has 2 aromatic heterocycles. The number of amides is 1. The molecule has 1 amide bonds. The van der Waals surface area contributed by atoms with E-state index in [2.05, 4.69) is 15.3 Å². The molecule has 4 nitrogen and oxygen atoms in total. The number of anilines is 1. The van der Waals surface area contributed by atoms with Crippen molar-refractivity contribution in [2.45, 2.75) is 30.3 Å². The number of aryl methyl sites for hydroxylation is 1. The molecule has 0 fully saturated rings. The average Bonchev–Trinajstić information content (AvgIpc) is 3.09. The summed E-state index contributed by atoms with van der Waals surface area (Å²) in [5.41, 5.74) is 1.83. The predicted octanol–water partition coefficient (Wildman–Crippen LogP) is 5.34. The summed E-state index contributed by atoms with van der Waals surface area (Å²) >= 11 is 2.67. The molecule has 9 heteroatoms. The number of hydrogen-bond donors (Lipinski definition) is 1. The molecule has 3 aromatic rings. The van der Waals surface area contributed by atoms with Crippen LogP contribution in [0.4, 0.5) is 18.9 Å². The highest BCUT2D eigenvalue weighted by atomic mass is 32.2. The van der Waals surface area contributed by atoms with Crippen LogP contribution >= 0.6 is 23.1 Å². The predicted molar refractivity (Wildman–Crippen MR) is 104 cm³/mol. The first-order chi connectivity index (χ1) is 13.3. The highest BCUT2D eigenvalue weighted by Gasteiger charge is 2.30. The number of pyridine rings is 1. The lowest BCUT2D eigenvalue weighted by Gasteiger charge is -2.06. The van der Waals surface area contributed by atoms with Crippen molar-refractivity contribution in [2.75, 3.05) is 5.32 Å². The number of carbonyl (C=O) groups is 1. The van der Waals surface area contributed by atoms with Gasteiger partial charge in [0, 0.05) is 23.0 Å². The van der Waals surface area contributed by atoms with Crippen molar-refractivity contribution in [2.24, 2.45) is 0 Å². The zero-order valence-electron chi connectivity index (χ0n) is 14.8. The molecule has 0 aliphatic heterocycles. The first kappa shape index (κ1) is 20.3. The number of alkyl halides is 3. The van der Waals surface area contributed by atoms with E-state index in [1.165, 1.54) is 29.2 Å². The normalized spacial score (nSPS) is 11.4. The Hall–Kier alpha value is -2.39. The summed E-state index contributed by atoms with van der Waals surface area (Å²) in [6, 6.07) is 9.88. The van der Waals surface area contributed by atoms with Gasteiger partial charge in [0.2, 0.25) is 5.91 Å². The molecule has 28 heavy (non-hydrogen) atoms. The molecule has 0 aliphatic rings. The third kappa shape index (κ3) is 5.80. The highest BCUT2D eigenvalue weighted by molar-refractivity contribution is 7.98. The molecule has 0 radical (unpaired) electrons. The van der Waals surface area contributed by atoms with Gasteiger partial charge in [-0.3, -0.25) is 4.79 Å². The zero-order chi connectivity index (χ0) is 20.1. The Labute approximate surface area is 168 Å². The summed E-state index contributed by atoms with van der Waals surface area (Å²) < 4.78 is 37.6. The maximum Gasteiger partial charge on any atom is 0.417 e. The first-order valence-corrected chi connectivity index (χ1v) is 10.1. The Morgan fingerprint density at radius 1 is 1.18 bits per heavy atom. The second-order valence-corrected chi connectivity index (χ2v) is 7.93. The third-order valence-corrected chi connectivity index (χ3v) is 5.55. The second kappa shape index (κ2) is 8.74. The van der Waals surface area contributed by atoms with Gasteiger partial charge in [-0.05, 0) is 31.2 Å². The first-order valence-electron chi connectivity index (χ1n) is 8.25. The highest BCUT2D eigenvalue weighted by Crippen LogP contribution is 2.30. The van der Waals surface area contributed by atoms with Gasteiger partial charge in [-0.15, -0.1) is 23.1 Å². The van der Waals surface area contributed by atoms with E-state index in [1.807, 2.05) is 36.6 Å². The van der Waals surface area contributed by atoms with Crippen LogP contribution in [0.25, 0.3) is 0 Å². The van der Waals surface area contributed by atoms with Gasteiger partial charge in [0.15, 0.2) is 0 Å². The Balaban J connectivity index is 1.51. The fraction of sp³-hybridized carbons (Fsp3) is 0.211. The third-order valence-electron chi connectivity index (χ3n) is 3.68. The van der Waals surface area contributed by atoms with Gasteiger partial charge in [-0.1, -0.05) is 17.7 Å². The number of nitrogens with one attached hydrogen (secondary N) is 1. The SMILES string of the molecule is Cc1ccc(NC(=O)Cc2nc(CSc3ccc(C(F)(F)F)cn3)cs2)cc1. The van der Waals surface area contributed by atoms with Crippen molar-refractivity contribution in [3.8, 4) is 0 Å². The van der Waals surface area contributed by atoms with Crippen molar-refractivity contribution < 1.29 is 18.0 Å². The maximum atomic E-state index is 12.5. The molecular weight excluding hydrogens is 407 g/mol. The Morgan fingerprint density at radius 3 is 2.57 bits per heavy atom. The van der Waals surface area contributed by atoms with E-state index in [0.717, 1.165) is 29.2 Å². The van der Waals surface area contributed by atoms with E-state index >= 15 is 0 Å². The van der Waals surface area contributed by atoms with Crippen LogP contribution in [-0.4, -0.2) is 15.9 Å². The van der Waals surface area contributed by atoms with E-state index in [1.54, 1.807) is 0 Å². The molecule has 0 aliphatic carbocycles. The van der Waals surface area contributed by atoms with Crippen molar-refractivity contribution in [3.05, 3.63) is 69.8 Å². The number of thioether (sulfide) groups is 1. The summed E-state index contributed by atoms with van der Waals surface area (Å²) in [4.78, 5) is 20.3. The smallest absolute Gasteiger partial charge is 0.326 e. The molecular formula is C19H16F3N3OS2. The molecule has 0 unspecified atom stereocenters. The number of carbonyl (C=O) groups excluding carboxylic acids is 1. The minimum absolute atomic E-state index is 0.151. The molecule has 0 saturated carbocycles. The van der Waals surface area contributed by atoms with E-state index < -0.39 is 11.7 Å². The lowest BCUT2D eigenvalue weighted by Crippen LogP contribution is -2.14. The van der Waals surface area contributed by atoms with Crippen molar-refractivity contribution in [1.82, 2.24) is 9.97 Å². The number of hydrogen-bond acceptors (Lipinski definition) is 5. The summed E-state index contributed by atoms with van der Waals surface area (Å²) in [5.74, 6) is 0.316. The van der Waals surface area contributed by atoms with E-state index in [0.29, 0.717) is 15.8 Å². The van der Waals surface area contributed by atoms with Crippen LogP contribution in [0.15, 0.2) is 53.0 Å². The van der Waals surface area contributed by atoms with Crippen LogP contribution in [0.2, 0.25) is 0 Å². The maximum absolute atomic E-state index is 12.5. The molecule has 0 spiro atoms. The lowest BCUT2D eigenvalue weighted by molar-refractivity contribution is -0.137. The van der Waals surface area contributed by atoms with Gasteiger partial charge in [-0.25, -0.2) is 9.97 Å². The fourth-order valence-electron chi connectivity index (χ4n) is 2.26. The standard InChI is InChI=1S/C19H16F3N3OS2/c1-12-2-5-14(6-3-12)24-16(26)8-18-25-15(11-28-18)10-27-17-7-4-13(9-23-17)19(20,21)22/h2-7,9,11H,8,10H2,1H3,(H,24,26). The summed E-state index contributed by atoms with van der Waals surface area (Å²) in [5, 5.41) is 5.83. The van der Waals surface area contributed by atoms with Crippen LogP contribution in [0, 0.1) is 6.92 Å². The summed E-state index contributed by atoms with van der Waals surface area (Å²) in [6.07, 6.45) is -3.40. The number of rotatable bonds is 6. The largest absolute Gasteiger partial charge is 0.417 e. The van der Waals surface area contributed by atoms with E-state index in [-0.39, 0.29) is 12.3 Å². The second-order valence-electron chi connectivity index (χ2n) is 6.00. The minimum atomic E-state index is -4.39. The van der Waals surface area contributed by atoms with E-state index in [4.69, 9.17) is 0 Å². The van der Waals surface area contributed by atoms with Gasteiger partial charge in [0.25, 0.3) is 0 Å². The average molecular weight is 423 g/mol. The quantitative estimate of drug-likeness (QED) is 0.544. The molecule has 3 rings (SSSR count). The molecule has 1 aromatic carbocycles. The van der Waals surface area contributed by atoms with Crippen LogP contribution in [0.3, 0.4) is 0 Å². The number of thiazole rings is 1. The summed E-state index contributed by atoms with van der Waals surface area (Å²) in [6.45, 7) is 1.97. The van der Waals surface area contributed by atoms with Crippen molar-refractivity contribution in [3.63, 3.8) is 0 Å². The van der Waals surface area contributed by atoms with Gasteiger partial charge >= 0.3 is 6.18 Å². The van der Waals surface area contributed by atoms with Crippen LogP contribution < -0.4 is 5.32 Å². The van der Waals surface area contributed by atoms with E-state index in [9.17, 15) is 18.0 Å². The summed E-state index contributed by atoms with van der Waals surface area (Å²) in [7, 11) is 0. The molecule has 0 bridgehead atoms. The molecule has 0 atom stereocenters. The molecule has 146 valence electrons. The zero-order valence-corrected chi connectivity index (χ0v) is 16.4. The van der Waals surface area contributed by atoms with Crippen molar-refractivity contribution in [1.29, 1.82) is 0 Å². The van der Waals surface area contributed by atoms with Crippen LogP contribution in [0.1, 0.15) is 21.8 Å².